The van der Waals surface area contributed by atoms with Gasteiger partial charge in [0.1, 0.15) is 6.61 Å². The Morgan fingerprint density at radius 2 is 1.38 bits per heavy atom. The zero-order valence-corrected chi connectivity index (χ0v) is 21.6. The molecule has 8 heteroatoms. The van der Waals surface area contributed by atoms with E-state index >= 15 is 0 Å². The Balaban J connectivity index is 1.11. The first-order chi connectivity index (χ1) is 19.5. The number of fused-ring (bicyclic) bond motifs is 1. The molecule has 0 atom stereocenters. The van der Waals surface area contributed by atoms with Crippen LogP contribution in [-0.2, 0) is 22.7 Å². The van der Waals surface area contributed by atoms with Crippen molar-refractivity contribution in [1.82, 2.24) is 10.2 Å². The van der Waals surface area contributed by atoms with Crippen LogP contribution in [-0.4, -0.2) is 35.3 Å². The van der Waals surface area contributed by atoms with Gasteiger partial charge < -0.3 is 15.4 Å². The average molecular weight is 534 g/mol. The van der Waals surface area contributed by atoms with E-state index in [2.05, 4.69) is 10.6 Å². The van der Waals surface area contributed by atoms with Crippen LogP contribution in [0.2, 0.25) is 0 Å². The molecule has 1 aliphatic heterocycles. The van der Waals surface area contributed by atoms with Crippen LogP contribution in [0.3, 0.4) is 0 Å². The largest absolute Gasteiger partial charge is 0.445 e. The highest BCUT2D eigenvalue weighted by Gasteiger charge is 2.34. The Hall–Kier alpha value is -5.24. The summed E-state index contributed by atoms with van der Waals surface area (Å²) in [7, 11) is 0. The van der Waals surface area contributed by atoms with Gasteiger partial charge in [-0.3, -0.25) is 19.3 Å². The number of hydrogen-bond donors (Lipinski definition) is 2. The van der Waals surface area contributed by atoms with Gasteiger partial charge >= 0.3 is 6.09 Å². The van der Waals surface area contributed by atoms with Gasteiger partial charge in [-0.25, -0.2) is 4.79 Å². The molecule has 40 heavy (non-hydrogen) atoms. The van der Waals surface area contributed by atoms with Crippen LogP contribution in [0.4, 0.5) is 10.5 Å². The SMILES string of the molecule is O=C(CCNC(=O)OCc1ccccc1)Nc1cccc(-c2ccc(CN3C(=O)c4ccccc4C3=O)cc2)c1. The van der Waals surface area contributed by atoms with Crippen LogP contribution in [0.1, 0.15) is 38.3 Å². The van der Waals surface area contributed by atoms with Gasteiger partial charge in [-0.15, -0.1) is 0 Å². The minimum Gasteiger partial charge on any atom is -0.445 e. The number of alkyl carbamates (subject to hydrolysis) is 1. The van der Waals surface area contributed by atoms with Gasteiger partial charge in [0.05, 0.1) is 17.7 Å². The summed E-state index contributed by atoms with van der Waals surface area (Å²) in [5, 5.41) is 5.43. The summed E-state index contributed by atoms with van der Waals surface area (Å²) in [6.45, 7) is 0.500. The van der Waals surface area contributed by atoms with Gasteiger partial charge in [-0.1, -0.05) is 78.9 Å². The molecular formula is C32H27N3O5. The predicted octanol–water partition coefficient (Wildman–Crippen LogP) is 5.40. The molecule has 0 spiro atoms. The second kappa shape index (κ2) is 12.1. The molecule has 8 nitrogen and oxygen atoms in total. The minimum absolute atomic E-state index is 0.0944. The molecule has 0 saturated heterocycles. The lowest BCUT2D eigenvalue weighted by Crippen LogP contribution is -2.29. The lowest BCUT2D eigenvalue weighted by atomic mass is 10.0. The van der Waals surface area contributed by atoms with Crippen molar-refractivity contribution in [2.45, 2.75) is 19.6 Å². The Morgan fingerprint density at radius 1 is 0.700 bits per heavy atom. The molecular weight excluding hydrogens is 506 g/mol. The molecule has 1 aliphatic rings. The van der Waals surface area contributed by atoms with Gasteiger partial charge in [-0.05, 0) is 46.5 Å². The molecule has 0 unspecified atom stereocenters. The number of nitrogens with zero attached hydrogens (tertiary/aromatic N) is 1. The van der Waals surface area contributed by atoms with Crippen LogP contribution in [0, 0.1) is 0 Å². The molecule has 4 amide bonds. The summed E-state index contributed by atoms with van der Waals surface area (Å²) < 4.78 is 5.15. The normalized spacial score (nSPS) is 12.2. The molecule has 4 aromatic rings. The quantitative estimate of drug-likeness (QED) is 0.280. The highest BCUT2D eigenvalue weighted by atomic mass is 16.5. The fourth-order valence-corrected chi connectivity index (χ4v) is 4.42. The van der Waals surface area contributed by atoms with Crippen molar-refractivity contribution in [3.8, 4) is 11.1 Å². The number of nitrogens with one attached hydrogen (secondary N) is 2. The predicted molar refractivity (Wildman–Crippen MR) is 150 cm³/mol. The molecule has 0 radical (unpaired) electrons. The Kier molecular flexibility index (Phi) is 7.97. The van der Waals surface area contributed by atoms with Crippen molar-refractivity contribution in [2.75, 3.05) is 11.9 Å². The van der Waals surface area contributed by atoms with Crippen LogP contribution in [0.25, 0.3) is 11.1 Å². The Labute approximate surface area is 231 Å². The number of benzene rings is 4. The monoisotopic (exact) mass is 533 g/mol. The van der Waals surface area contributed by atoms with Gasteiger partial charge in [0, 0.05) is 18.7 Å². The summed E-state index contributed by atoms with van der Waals surface area (Å²) in [5.74, 6) is -0.809. The highest BCUT2D eigenvalue weighted by molar-refractivity contribution is 6.21. The van der Waals surface area contributed by atoms with Crippen molar-refractivity contribution in [3.05, 3.63) is 125 Å². The maximum atomic E-state index is 12.7. The van der Waals surface area contributed by atoms with Crippen molar-refractivity contribution >= 4 is 29.5 Å². The van der Waals surface area contributed by atoms with E-state index in [0.717, 1.165) is 22.3 Å². The number of imide groups is 1. The van der Waals surface area contributed by atoms with E-state index in [-0.39, 0.29) is 43.8 Å². The van der Waals surface area contributed by atoms with E-state index in [9.17, 15) is 19.2 Å². The van der Waals surface area contributed by atoms with Crippen LogP contribution in [0.15, 0.2) is 103 Å². The number of rotatable bonds is 9. The molecule has 2 N–H and O–H groups in total. The maximum absolute atomic E-state index is 12.7. The highest BCUT2D eigenvalue weighted by Crippen LogP contribution is 2.26. The Morgan fingerprint density at radius 3 is 2.08 bits per heavy atom. The first-order valence-electron chi connectivity index (χ1n) is 12.9. The minimum atomic E-state index is -0.579. The number of amides is 4. The number of ether oxygens (including phenoxy) is 1. The zero-order valence-electron chi connectivity index (χ0n) is 21.6. The molecule has 0 aliphatic carbocycles. The van der Waals surface area contributed by atoms with Crippen LogP contribution < -0.4 is 10.6 Å². The Bertz CT molecular complexity index is 1520. The van der Waals surface area contributed by atoms with E-state index in [1.165, 1.54) is 4.90 Å². The topological polar surface area (TPSA) is 105 Å². The first kappa shape index (κ1) is 26.4. The van der Waals surface area contributed by atoms with Gasteiger partial charge in [0.15, 0.2) is 0 Å². The second-order valence-electron chi connectivity index (χ2n) is 9.31. The van der Waals surface area contributed by atoms with E-state index in [4.69, 9.17) is 4.74 Å². The van der Waals surface area contributed by atoms with Crippen LogP contribution in [0.5, 0.6) is 0 Å². The molecule has 0 fully saturated rings. The molecule has 200 valence electrons. The number of carbonyl (C=O) groups is 4. The third kappa shape index (κ3) is 6.24. The van der Waals surface area contributed by atoms with Crippen LogP contribution >= 0.6 is 0 Å². The molecule has 5 rings (SSSR count). The summed E-state index contributed by atoms with van der Waals surface area (Å²) in [5.41, 5.74) is 5.02. The molecule has 1 heterocycles. The van der Waals surface area contributed by atoms with E-state index in [0.29, 0.717) is 16.8 Å². The molecule has 0 saturated carbocycles. The third-order valence-corrected chi connectivity index (χ3v) is 6.49. The fraction of sp³-hybridized carbons (Fsp3) is 0.125. The van der Waals surface area contributed by atoms with Crippen molar-refractivity contribution in [3.63, 3.8) is 0 Å². The lowest BCUT2D eigenvalue weighted by molar-refractivity contribution is -0.116. The summed E-state index contributed by atoms with van der Waals surface area (Å²) in [6, 6.07) is 31.2. The second-order valence-corrected chi connectivity index (χ2v) is 9.31. The number of carbonyl (C=O) groups excluding carboxylic acids is 4. The van der Waals surface area contributed by atoms with Crippen molar-refractivity contribution < 1.29 is 23.9 Å². The first-order valence-corrected chi connectivity index (χ1v) is 12.9. The lowest BCUT2D eigenvalue weighted by Gasteiger charge is -2.14. The van der Waals surface area contributed by atoms with E-state index in [1.807, 2.05) is 72.8 Å². The third-order valence-electron chi connectivity index (χ3n) is 6.49. The van der Waals surface area contributed by atoms with E-state index in [1.54, 1.807) is 30.3 Å². The fourth-order valence-electron chi connectivity index (χ4n) is 4.42. The molecule has 4 aromatic carbocycles. The van der Waals surface area contributed by atoms with E-state index < -0.39 is 6.09 Å². The number of anilines is 1. The average Bonchev–Trinajstić information content (AvgIpc) is 3.22. The summed E-state index contributed by atoms with van der Waals surface area (Å²) >= 11 is 0. The summed E-state index contributed by atoms with van der Waals surface area (Å²) in [4.78, 5) is 50.8. The van der Waals surface area contributed by atoms with Gasteiger partial charge in [-0.2, -0.15) is 0 Å². The standard InChI is InChI=1S/C32H27N3O5/c36-29(17-18-33-32(39)40-21-23-7-2-1-3-8-23)34-26-10-6-9-25(19-26)24-15-13-22(14-16-24)20-35-30(37)27-11-4-5-12-28(27)31(35)38/h1-16,19H,17-18,20-21H2,(H,33,39)(H,34,36). The molecule has 0 aromatic heterocycles. The summed E-state index contributed by atoms with van der Waals surface area (Å²) in [6.07, 6.45) is -0.484. The zero-order chi connectivity index (χ0) is 27.9. The van der Waals surface area contributed by atoms with Gasteiger partial charge in [0.2, 0.25) is 5.91 Å². The molecule has 0 bridgehead atoms. The van der Waals surface area contributed by atoms with Gasteiger partial charge in [0.25, 0.3) is 11.8 Å². The number of hydrogen-bond acceptors (Lipinski definition) is 5. The maximum Gasteiger partial charge on any atom is 0.407 e. The van der Waals surface area contributed by atoms with Crippen molar-refractivity contribution in [1.29, 1.82) is 0 Å². The smallest absolute Gasteiger partial charge is 0.407 e. The van der Waals surface area contributed by atoms with Crippen molar-refractivity contribution in [2.24, 2.45) is 0 Å².